The van der Waals surface area contributed by atoms with E-state index in [9.17, 15) is 0 Å². The fourth-order valence-electron chi connectivity index (χ4n) is 3.42. The van der Waals surface area contributed by atoms with Gasteiger partial charge >= 0.3 is 0 Å². The van der Waals surface area contributed by atoms with Gasteiger partial charge in [-0.25, -0.2) is 4.98 Å². The van der Waals surface area contributed by atoms with Gasteiger partial charge in [-0.2, -0.15) is 0 Å². The van der Waals surface area contributed by atoms with Crippen LogP contribution < -0.4 is 11.1 Å². The van der Waals surface area contributed by atoms with Crippen molar-refractivity contribution < 1.29 is 0 Å². The van der Waals surface area contributed by atoms with Crippen LogP contribution in [0.3, 0.4) is 0 Å². The van der Waals surface area contributed by atoms with E-state index in [4.69, 9.17) is 5.73 Å². The smallest absolute Gasteiger partial charge is 0.128 e. The van der Waals surface area contributed by atoms with Crippen LogP contribution in [0.5, 0.6) is 0 Å². The zero-order valence-electron chi connectivity index (χ0n) is 13.0. The summed E-state index contributed by atoms with van der Waals surface area (Å²) < 4.78 is 0. The molecule has 2 rings (SSSR count). The van der Waals surface area contributed by atoms with Crippen LogP contribution >= 0.6 is 0 Å². The summed E-state index contributed by atoms with van der Waals surface area (Å²) in [5.41, 5.74) is 8.55. The molecule has 1 saturated carbocycles. The molecule has 0 spiro atoms. The van der Waals surface area contributed by atoms with Crippen molar-refractivity contribution in [2.75, 3.05) is 12.3 Å². The second-order valence-corrected chi connectivity index (χ2v) is 6.13. The monoisotopic (exact) mass is 275 g/mol. The minimum atomic E-state index is 0.366. The average Bonchev–Trinajstić information content (AvgIpc) is 2.40. The van der Waals surface area contributed by atoms with Crippen molar-refractivity contribution in [3.05, 3.63) is 23.4 Å². The molecule has 1 heterocycles. The summed E-state index contributed by atoms with van der Waals surface area (Å²) in [6.45, 7) is 5.25. The van der Waals surface area contributed by atoms with Gasteiger partial charge < -0.3 is 11.1 Å². The van der Waals surface area contributed by atoms with Gasteiger partial charge in [0.05, 0.1) is 0 Å². The van der Waals surface area contributed by atoms with E-state index in [0.717, 1.165) is 6.54 Å². The molecule has 1 fully saturated rings. The second-order valence-electron chi connectivity index (χ2n) is 6.13. The maximum Gasteiger partial charge on any atom is 0.128 e. The van der Waals surface area contributed by atoms with Crippen molar-refractivity contribution in [3.8, 4) is 0 Å². The van der Waals surface area contributed by atoms with Gasteiger partial charge in [-0.05, 0) is 43.9 Å². The SMILES string of the molecule is CCNC(c1cc(C)cnc1N)C1CCCCCCC1. The highest BCUT2D eigenvalue weighted by molar-refractivity contribution is 5.43. The molecule has 1 aromatic rings. The Labute approximate surface area is 123 Å². The van der Waals surface area contributed by atoms with E-state index in [2.05, 4.69) is 30.2 Å². The van der Waals surface area contributed by atoms with Crippen LogP contribution in [0.25, 0.3) is 0 Å². The molecule has 3 heteroatoms. The Balaban J connectivity index is 2.21. The van der Waals surface area contributed by atoms with Crippen molar-refractivity contribution in [1.82, 2.24) is 10.3 Å². The second kappa shape index (κ2) is 7.63. The van der Waals surface area contributed by atoms with Crippen LogP contribution in [0.4, 0.5) is 5.82 Å². The molecular weight excluding hydrogens is 246 g/mol. The third-order valence-corrected chi connectivity index (χ3v) is 4.47. The first-order chi connectivity index (χ1) is 9.72. The van der Waals surface area contributed by atoms with E-state index >= 15 is 0 Å². The molecule has 1 unspecified atom stereocenters. The molecule has 1 atom stereocenters. The number of nitrogens with one attached hydrogen (secondary N) is 1. The molecule has 112 valence electrons. The van der Waals surface area contributed by atoms with E-state index in [1.807, 2.05) is 6.20 Å². The van der Waals surface area contributed by atoms with E-state index in [-0.39, 0.29) is 0 Å². The summed E-state index contributed by atoms with van der Waals surface area (Å²) in [7, 11) is 0. The summed E-state index contributed by atoms with van der Waals surface area (Å²) in [5, 5.41) is 3.66. The van der Waals surface area contributed by atoms with Gasteiger partial charge in [-0.15, -0.1) is 0 Å². The van der Waals surface area contributed by atoms with Crippen molar-refractivity contribution >= 4 is 5.82 Å². The minimum Gasteiger partial charge on any atom is -0.383 e. The summed E-state index contributed by atoms with van der Waals surface area (Å²) in [4.78, 5) is 4.36. The number of aryl methyl sites for hydroxylation is 1. The number of hydrogen-bond acceptors (Lipinski definition) is 3. The number of anilines is 1. The van der Waals surface area contributed by atoms with Crippen molar-refractivity contribution in [3.63, 3.8) is 0 Å². The zero-order valence-corrected chi connectivity index (χ0v) is 13.0. The largest absolute Gasteiger partial charge is 0.383 e. The van der Waals surface area contributed by atoms with Crippen molar-refractivity contribution in [2.45, 2.75) is 64.8 Å². The highest BCUT2D eigenvalue weighted by atomic mass is 14.9. The Morgan fingerprint density at radius 2 is 1.90 bits per heavy atom. The molecule has 1 aliphatic carbocycles. The summed E-state index contributed by atoms with van der Waals surface area (Å²) in [6, 6.07) is 2.58. The van der Waals surface area contributed by atoms with Gasteiger partial charge in [0.1, 0.15) is 5.82 Å². The fraction of sp³-hybridized carbons (Fsp3) is 0.706. The fourth-order valence-corrected chi connectivity index (χ4v) is 3.42. The van der Waals surface area contributed by atoms with Crippen LogP contribution in [0.1, 0.15) is 69.0 Å². The van der Waals surface area contributed by atoms with Gasteiger partial charge in [0.2, 0.25) is 0 Å². The van der Waals surface area contributed by atoms with E-state index in [1.54, 1.807) is 0 Å². The number of nitrogen functional groups attached to an aromatic ring is 1. The van der Waals surface area contributed by atoms with Crippen LogP contribution in [0, 0.1) is 12.8 Å². The lowest BCUT2D eigenvalue weighted by atomic mass is 9.82. The predicted molar refractivity (Wildman–Crippen MR) is 85.6 cm³/mol. The molecule has 1 aromatic heterocycles. The molecular formula is C17H29N3. The van der Waals surface area contributed by atoms with E-state index in [1.165, 1.54) is 56.1 Å². The normalized spacial score (nSPS) is 19.3. The minimum absolute atomic E-state index is 0.366. The van der Waals surface area contributed by atoms with Crippen LogP contribution in [0.15, 0.2) is 12.3 Å². The van der Waals surface area contributed by atoms with Crippen LogP contribution in [-0.2, 0) is 0 Å². The lowest BCUT2D eigenvalue weighted by molar-refractivity contribution is 0.292. The Hall–Kier alpha value is -1.09. The number of rotatable bonds is 4. The molecule has 0 saturated heterocycles. The lowest BCUT2D eigenvalue weighted by Crippen LogP contribution is -2.30. The summed E-state index contributed by atoms with van der Waals surface area (Å²) in [6.07, 6.45) is 11.4. The first kappa shape index (κ1) is 15.3. The molecule has 0 radical (unpaired) electrons. The van der Waals surface area contributed by atoms with E-state index < -0.39 is 0 Å². The topological polar surface area (TPSA) is 50.9 Å². The third-order valence-electron chi connectivity index (χ3n) is 4.47. The molecule has 0 bridgehead atoms. The maximum atomic E-state index is 6.15. The van der Waals surface area contributed by atoms with Crippen LogP contribution in [0.2, 0.25) is 0 Å². The number of aromatic nitrogens is 1. The molecule has 3 N–H and O–H groups in total. The molecule has 0 aromatic carbocycles. The molecule has 3 nitrogen and oxygen atoms in total. The average molecular weight is 275 g/mol. The van der Waals surface area contributed by atoms with E-state index in [0.29, 0.717) is 17.8 Å². The lowest BCUT2D eigenvalue weighted by Gasteiger charge is -2.30. The van der Waals surface area contributed by atoms with Gasteiger partial charge in [0.15, 0.2) is 0 Å². The Morgan fingerprint density at radius 1 is 1.25 bits per heavy atom. The quantitative estimate of drug-likeness (QED) is 0.873. The first-order valence-corrected chi connectivity index (χ1v) is 8.17. The first-order valence-electron chi connectivity index (χ1n) is 8.17. The highest BCUT2D eigenvalue weighted by Crippen LogP contribution is 2.34. The molecule has 20 heavy (non-hydrogen) atoms. The van der Waals surface area contributed by atoms with Gasteiger partial charge in [0.25, 0.3) is 0 Å². The third kappa shape index (κ3) is 3.95. The van der Waals surface area contributed by atoms with Crippen molar-refractivity contribution in [1.29, 1.82) is 0 Å². The number of pyridine rings is 1. The van der Waals surface area contributed by atoms with Gasteiger partial charge in [-0.3, -0.25) is 0 Å². The number of nitrogens with two attached hydrogens (primary N) is 1. The standard InChI is InChI=1S/C17H29N3/c1-3-19-16(14-9-7-5-4-6-8-10-14)15-11-13(2)12-20-17(15)18/h11-12,14,16,19H,3-10H2,1-2H3,(H2,18,20). The van der Waals surface area contributed by atoms with Crippen molar-refractivity contribution in [2.24, 2.45) is 5.92 Å². The highest BCUT2D eigenvalue weighted by Gasteiger charge is 2.25. The van der Waals surface area contributed by atoms with Gasteiger partial charge in [-0.1, -0.05) is 39.0 Å². The van der Waals surface area contributed by atoms with Crippen LogP contribution in [-0.4, -0.2) is 11.5 Å². The molecule has 0 aliphatic heterocycles. The maximum absolute atomic E-state index is 6.15. The molecule has 1 aliphatic rings. The Morgan fingerprint density at radius 3 is 2.55 bits per heavy atom. The Bertz CT molecular complexity index is 409. The Kier molecular flexibility index (Phi) is 5.84. The summed E-state index contributed by atoms with van der Waals surface area (Å²) >= 11 is 0. The summed E-state index contributed by atoms with van der Waals surface area (Å²) in [5.74, 6) is 1.39. The van der Waals surface area contributed by atoms with Gasteiger partial charge in [0, 0.05) is 17.8 Å². The number of nitrogens with zero attached hydrogens (tertiary/aromatic N) is 1. The number of hydrogen-bond donors (Lipinski definition) is 2. The predicted octanol–water partition coefficient (Wildman–Crippen LogP) is 3.98. The molecule has 0 amide bonds. The zero-order chi connectivity index (χ0) is 14.4.